The summed E-state index contributed by atoms with van der Waals surface area (Å²) >= 11 is 0. The minimum atomic E-state index is -0.264. The van der Waals surface area contributed by atoms with Crippen LogP contribution in [0.3, 0.4) is 0 Å². The first-order chi connectivity index (χ1) is 18.7. The number of ether oxygens (including phenoxy) is 2. The Morgan fingerprint density at radius 2 is 1.82 bits per heavy atom. The van der Waals surface area contributed by atoms with Crippen LogP contribution in [0.1, 0.15) is 62.8 Å². The van der Waals surface area contributed by atoms with E-state index in [0.717, 1.165) is 74.6 Å². The number of fused-ring (bicyclic) bond motifs is 2. The highest BCUT2D eigenvalue weighted by molar-refractivity contribution is 6.00. The monoisotopic (exact) mass is 546 g/mol. The molecule has 1 fully saturated rings. The number of anilines is 1. The first-order valence-electron chi connectivity index (χ1n) is 13.8. The average Bonchev–Trinajstić information content (AvgIpc) is 3.30. The lowest BCUT2D eigenvalue weighted by Crippen LogP contribution is -2.26. The minimum Gasteiger partial charge on any atom is -0.508 e. The number of nitrogens with zero attached hydrogens (tertiary/aromatic N) is 1. The second-order valence-corrected chi connectivity index (χ2v) is 10.4. The fourth-order valence-corrected chi connectivity index (χ4v) is 5.99. The van der Waals surface area contributed by atoms with Crippen molar-refractivity contribution in [1.29, 1.82) is 0 Å². The molecule has 0 saturated carbocycles. The topological polar surface area (TPSA) is 54.0 Å². The lowest BCUT2D eigenvalue weighted by molar-refractivity contribution is 0.198. The summed E-state index contributed by atoms with van der Waals surface area (Å²) in [6, 6.07) is 20.6. The number of alkyl halides is 1. The summed E-state index contributed by atoms with van der Waals surface area (Å²) in [4.78, 5) is 2.28. The molecule has 6 heteroatoms. The number of aryl methyl sites for hydroxylation is 1. The Bertz CT molecular complexity index is 1320. The smallest absolute Gasteiger partial charge is 0.142 e. The number of hydrogen-bond donors (Lipinski definition) is 2. The number of allylic oxidation sites excluding steroid dienone is 1. The first kappa shape index (κ1) is 29.5. The minimum absolute atomic E-state index is 0. The van der Waals surface area contributed by atoms with Gasteiger partial charge in [0.15, 0.2) is 0 Å². The van der Waals surface area contributed by atoms with E-state index in [4.69, 9.17) is 9.47 Å². The van der Waals surface area contributed by atoms with Crippen LogP contribution in [0.4, 0.5) is 10.1 Å². The van der Waals surface area contributed by atoms with E-state index < -0.39 is 0 Å². The molecular weight excluding hydrogens is 503 g/mol. The maximum atomic E-state index is 12.5. The van der Waals surface area contributed by atoms with Gasteiger partial charge in [0, 0.05) is 26.2 Å². The molecule has 6 rings (SSSR count). The lowest BCUT2D eigenvalue weighted by atomic mass is 9.87. The van der Waals surface area contributed by atoms with Gasteiger partial charge in [-0.2, -0.15) is 0 Å². The molecule has 40 heavy (non-hydrogen) atoms. The Labute approximate surface area is 238 Å². The normalized spacial score (nSPS) is 18.3. The third kappa shape index (κ3) is 6.28. The van der Waals surface area contributed by atoms with Crippen LogP contribution in [0.2, 0.25) is 0 Å². The molecule has 1 atom stereocenters. The predicted molar refractivity (Wildman–Crippen MR) is 163 cm³/mol. The van der Waals surface area contributed by atoms with Crippen LogP contribution in [-0.2, 0) is 6.42 Å². The van der Waals surface area contributed by atoms with E-state index in [1.54, 1.807) is 6.07 Å². The van der Waals surface area contributed by atoms with Gasteiger partial charge in [-0.25, -0.2) is 0 Å². The van der Waals surface area contributed by atoms with Crippen molar-refractivity contribution in [3.8, 4) is 17.2 Å². The average molecular weight is 547 g/mol. The van der Waals surface area contributed by atoms with Gasteiger partial charge in [0.2, 0.25) is 0 Å². The largest absolute Gasteiger partial charge is 0.508 e. The summed E-state index contributed by atoms with van der Waals surface area (Å²) in [5, 5.41) is 13.7. The molecule has 3 aliphatic rings. The Morgan fingerprint density at radius 3 is 2.65 bits per heavy atom. The van der Waals surface area contributed by atoms with E-state index in [2.05, 4.69) is 58.7 Å². The van der Waals surface area contributed by atoms with Crippen molar-refractivity contribution in [2.24, 2.45) is 0 Å². The highest BCUT2D eigenvalue weighted by Gasteiger charge is 2.25. The number of nitrogens with one attached hydrogen (secondary N) is 1. The van der Waals surface area contributed by atoms with Crippen molar-refractivity contribution in [2.45, 2.75) is 53.1 Å². The molecule has 2 aliphatic heterocycles. The molecule has 0 unspecified atom stereocenters. The summed E-state index contributed by atoms with van der Waals surface area (Å²) in [6.45, 7) is 3.83. The van der Waals surface area contributed by atoms with Crippen molar-refractivity contribution in [1.82, 2.24) is 4.90 Å². The van der Waals surface area contributed by atoms with Crippen molar-refractivity contribution < 1.29 is 19.0 Å². The highest BCUT2D eigenvalue weighted by atomic mass is 19.1. The van der Waals surface area contributed by atoms with Crippen molar-refractivity contribution in [3.05, 3.63) is 82.9 Å². The molecular formula is C34H43FN2O3. The van der Waals surface area contributed by atoms with Gasteiger partial charge in [0.25, 0.3) is 0 Å². The van der Waals surface area contributed by atoms with Crippen LogP contribution in [0, 0.1) is 0 Å². The Morgan fingerprint density at radius 1 is 1.00 bits per heavy atom. The van der Waals surface area contributed by atoms with E-state index in [1.807, 2.05) is 6.07 Å². The molecule has 5 nitrogen and oxygen atoms in total. The number of phenolic OH excluding ortho intramolecular Hbond substituents is 1. The molecule has 1 saturated heterocycles. The molecule has 0 radical (unpaired) electrons. The maximum Gasteiger partial charge on any atom is 0.142 e. The van der Waals surface area contributed by atoms with Gasteiger partial charge in [-0.05, 0) is 102 Å². The van der Waals surface area contributed by atoms with E-state index in [-0.39, 0.29) is 27.6 Å². The van der Waals surface area contributed by atoms with Crippen LogP contribution in [0.25, 0.3) is 11.1 Å². The fourth-order valence-electron chi connectivity index (χ4n) is 5.99. The second kappa shape index (κ2) is 13.2. The number of halogens is 1. The fraction of sp³-hybridized carbons (Fsp3) is 0.412. The number of hydrogen-bond acceptors (Lipinski definition) is 5. The van der Waals surface area contributed by atoms with Gasteiger partial charge < -0.3 is 19.9 Å². The van der Waals surface area contributed by atoms with Crippen LogP contribution in [0.15, 0.2) is 60.7 Å². The zero-order chi connectivity index (χ0) is 25.9. The summed E-state index contributed by atoms with van der Waals surface area (Å²) in [7, 11) is 0. The Balaban J connectivity index is 0.00000185. The molecule has 0 bridgehead atoms. The summed E-state index contributed by atoms with van der Waals surface area (Å²) in [5.74, 6) is 2.07. The van der Waals surface area contributed by atoms with Crippen LogP contribution in [0.5, 0.6) is 17.2 Å². The van der Waals surface area contributed by atoms with Gasteiger partial charge in [0.05, 0.1) is 12.4 Å². The highest BCUT2D eigenvalue weighted by Crippen LogP contribution is 2.42. The lowest BCUT2D eigenvalue weighted by Gasteiger charge is -2.22. The molecule has 2 heterocycles. The summed E-state index contributed by atoms with van der Waals surface area (Å²) in [5.41, 5.74) is 8.23. The van der Waals surface area contributed by atoms with Crippen LogP contribution >= 0.6 is 0 Å². The van der Waals surface area contributed by atoms with E-state index >= 15 is 0 Å². The quantitative estimate of drug-likeness (QED) is 0.320. The number of rotatable bonds is 7. The third-order valence-electron chi connectivity index (χ3n) is 7.82. The standard InChI is InChI=1S/C32H35FN2O3.2CH4/c33-14-2-16-35-17-13-27(21-35)38-26-9-5-22(6-10-26)32-28(4-1-3-23-19-25(36)8-11-29(23)32)24-7-12-31-30(20-24)34-15-18-37-31;;/h5-12,19-20,27,34,36H,1-4,13-18,21H2;2*1H4/t27-;;/m0../s1. The van der Waals surface area contributed by atoms with Crippen molar-refractivity contribution >= 4 is 16.8 Å². The molecule has 2 N–H and O–H groups in total. The number of benzene rings is 3. The van der Waals surface area contributed by atoms with Crippen LogP contribution < -0.4 is 14.8 Å². The molecule has 0 amide bonds. The maximum absolute atomic E-state index is 12.5. The second-order valence-electron chi connectivity index (χ2n) is 10.4. The Hall–Kier alpha value is -3.51. The van der Waals surface area contributed by atoms with E-state index in [1.165, 1.54) is 27.8 Å². The third-order valence-corrected chi connectivity index (χ3v) is 7.82. The predicted octanol–water partition coefficient (Wildman–Crippen LogP) is 7.58. The van der Waals surface area contributed by atoms with Gasteiger partial charge in [0.1, 0.15) is 30.0 Å². The zero-order valence-electron chi connectivity index (χ0n) is 21.7. The van der Waals surface area contributed by atoms with Crippen LogP contribution in [-0.4, -0.2) is 55.6 Å². The summed E-state index contributed by atoms with van der Waals surface area (Å²) < 4.78 is 24.7. The molecule has 3 aromatic rings. The molecule has 214 valence electrons. The van der Waals surface area contributed by atoms with Gasteiger partial charge in [-0.1, -0.05) is 39.1 Å². The zero-order valence-corrected chi connectivity index (χ0v) is 21.7. The molecule has 3 aromatic carbocycles. The number of likely N-dealkylation sites (tertiary alicyclic amines) is 1. The first-order valence-corrected chi connectivity index (χ1v) is 13.8. The van der Waals surface area contributed by atoms with E-state index in [0.29, 0.717) is 18.8 Å². The Kier molecular flexibility index (Phi) is 9.75. The summed E-state index contributed by atoms with van der Waals surface area (Å²) in [6.07, 6.45) is 4.58. The SMILES string of the molecule is C.C.Oc1ccc2c(c1)CCCC(c1ccc3c(c1)NCCO3)=C2c1ccc(O[C@H]2CCN(CCCF)C2)cc1. The number of phenols is 1. The van der Waals surface area contributed by atoms with Crippen molar-refractivity contribution in [3.63, 3.8) is 0 Å². The van der Waals surface area contributed by atoms with Crippen molar-refractivity contribution in [2.75, 3.05) is 44.8 Å². The van der Waals surface area contributed by atoms with Gasteiger partial charge in [-0.3, -0.25) is 9.29 Å². The van der Waals surface area contributed by atoms with E-state index in [9.17, 15) is 9.50 Å². The molecule has 1 aliphatic carbocycles. The van der Waals surface area contributed by atoms with Gasteiger partial charge in [-0.15, -0.1) is 0 Å². The van der Waals surface area contributed by atoms with Gasteiger partial charge >= 0.3 is 0 Å². The molecule has 0 spiro atoms. The molecule has 0 aromatic heterocycles. The number of aromatic hydroxyl groups is 1.